The van der Waals surface area contributed by atoms with E-state index in [-0.39, 0.29) is 16.6 Å². The number of anilines is 2. The number of carbonyl (C=O) groups is 2. The zero-order valence-electron chi connectivity index (χ0n) is 11.6. The molecule has 0 saturated carbocycles. The second-order valence-corrected chi connectivity index (χ2v) is 4.80. The van der Waals surface area contributed by atoms with E-state index in [0.717, 1.165) is 12.1 Å². The molecule has 0 aliphatic rings. The molecular weight excluding hydrogens is 309 g/mol. The molecule has 0 spiro atoms. The van der Waals surface area contributed by atoms with Gasteiger partial charge in [-0.05, 0) is 30.3 Å². The maximum atomic E-state index is 13.2. The monoisotopic (exact) mass is 321 g/mol. The first-order valence-electron chi connectivity index (χ1n) is 6.35. The molecule has 5 nitrogen and oxygen atoms in total. The molecule has 3 N–H and O–H groups in total. The predicted molar refractivity (Wildman–Crippen MR) is 83.9 cm³/mol. The SMILES string of the molecule is CNC(=O)c1ccccc1NC(=O)Nc1cc(F)cc(Cl)c1. The molecule has 2 aromatic rings. The highest BCUT2D eigenvalue weighted by Crippen LogP contribution is 2.19. The van der Waals surface area contributed by atoms with E-state index in [2.05, 4.69) is 16.0 Å². The van der Waals surface area contributed by atoms with Crippen molar-refractivity contribution in [2.24, 2.45) is 0 Å². The number of carbonyl (C=O) groups excluding carboxylic acids is 2. The van der Waals surface area contributed by atoms with Crippen molar-refractivity contribution in [2.45, 2.75) is 0 Å². The molecule has 0 aromatic heterocycles. The van der Waals surface area contributed by atoms with Crippen molar-refractivity contribution in [1.29, 1.82) is 0 Å². The zero-order valence-corrected chi connectivity index (χ0v) is 12.4. The molecule has 0 unspecified atom stereocenters. The smallest absolute Gasteiger partial charge is 0.323 e. The van der Waals surface area contributed by atoms with Crippen molar-refractivity contribution < 1.29 is 14.0 Å². The quantitative estimate of drug-likeness (QED) is 0.810. The minimum absolute atomic E-state index is 0.168. The Bertz CT molecular complexity index is 701. The van der Waals surface area contributed by atoms with Crippen LogP contribution in [0.2, 0.25) is 5.02 Å². The highest BCUT2D eigenvalue weighted by Gasteiger charge is 2.12. The molecule has 0 aliphatic heterocycles. The third-order valence-electron chi connectivity index (χ3n) is 2.77. The van der Waals surface area contributed by atoms with Crippen molar-refractivity contribution in [3.05, 3.63) is 58.9 Å². The number of amides is 3. The molecule has 0 fully saturated rings. The van der Waals surface area contributed by atoms with Crippen molar-refractivity contribution in [3.63, 3.8) is 0 Å². The van der Waals surface area contributed by atoms with E-state index in [1.54, 1.807) is 24.3 Å². The molecule has 0 saturated heterocycles. The number of benzene rings is 2. The predicted octanol–water partition coefficient (Wildman–Crippen LogP) is 3.48. The lowest BCUT2D eigenvalue weighted by Crippen LogP contribution is -2.24. The van der Waals surface area contributed by atoms with Crippen LogP contribution in [0.3, 0.4) is 0 Å². The van der Waals surface area contributed by atoms with Gasteiger partial charge < -0.3 is 16.0 Å². The van der Waals surface area contributed by atoms with Gasteiger partial charge in [-0.3, -0.25) is 4.79 Å². The number of nitrogens with one attached hydrogen (secondary N) is 3. The van der Waals surface area contributed by atoms with Gasteiger partial charge >= 0.3 is 6.03 Å². The highest BCUT2D eigenvalue weighted by molar-refractivity contribution is 6.31. The third kappa shape index (κ3) is 3.95. The maximum Gasteiger partial charge on any atom is 0.323 e. The van der Waals surface area contributed by atoms with Crippen LogP contribution in [0, 0.1) is 5.82 Å². The molecule has 7 heteroatoms. The summed E-state index contributed by atoms with van der Waals surface area (Å²) in [7, 11) is 1.49. The summed E-state index contributed by atoms with van der Waals surface area (Å²) < 4.78 is 13.2. The number of hydrogen-bond donors (Lipinski definition) is 3. The summed E-state index contributed by atoms with van der Waals surface area (Å²) in [6, 6.07) is 9.59. The number of hydrogen-bond acceptors (Lipinski definition) is 2. The van der Waals surface area contributed by atoms with Crippen LogP contribution >= 0.6 is 11.6 Å². The highest BCUT2D eigenvalue weighted by atomic mass is 35.5. The number of urea groups is 1. The van der Waals surface area contributed by atoms with Gasteiger partial charge in [-0.2, -0.15) is 0 Å². The summed E-state index contributed by atoms with van der Waals surface area (Å²) in [4.78, 5) is 23.7. The molecule has 0 radical (unpaired) electrons. The lowest BCUT2D eigenvalue weighted by atomic mass is 10.1. The van der Waals surface area contributed by atoms with Gasteiger partial charge in [-0.15, -0.1) is 0 Å². The van der Waals surface area contributed by atoms with E-state index in [4.69, 9.17) is 11.6 Å². The van der Waals surface area contributed by atoms with E-state index < -0.39 is 11.8 Å². The first kappa shape index (κ1) is 15.8. The van der Waals surface area contributed by atoms with E-state index in [0.29, 0.717) is 11.3 Å². The molecule has 0 atom stereocenters. The fourth-order valence-electron chi connectivity index (χ4n) is 1.84. The molecule has 2 aromatic carbocycles. The second-order valence-electron chi connectivity index (χ2n) is 4.36. The summed E-state index contributed by atoms with van der Waals surface area (Å²) in [6.45, 7) is 0. The lowest BCUT2D eigenvalue weighted by molar-refractivity contribution is 0.0964. The molecule has 22 heavy (non-hydrogen) atoms. The van der Waals surface area contributed by atoms with E-state index in [9.17, 15) is 14.0 Å². The van der Waals surface area contributed by atoms with Crippen LogP contribution in [0.5, 0.6) is 0 Å². The Balaban J connectivity index is 2.14. The summed E-state index contributed by atoms with van der Waals surface area (Å²) in [5, 5.41) is 7.64. The van der Waals surface area contributed by atoms with Gasteiger partial charge in [-0.1, -0.05) is 23.7 Å². The van der Waals surface area contributed by atoms with Crippen molar-refractivity contribution >= 4 is 34.9 Å². The fourth-order valence-corrected chi connectivity index (χ4v) is 2.06. The summed E-state index contributed by atoms with van der Waals surface area (Å²) >= 11 is 5.71. The van der Waals surface area contributed by atoms with Crippen LogP contribution < -0.4 is 16.0 Å². The van der Waals surface area contributed by atoms with E-state index in [1.807, 2.05) is 0 Å². The summed E-state index contributed by atoms with van der Waals surface area (Å²) in [6.07, 6.45) is 0. The van der Waals surface area contributed by atoms with Gasteiger partial charge in [-0.25, -0.2) is 9.18 Å². The van der Waals surface area contributed by atoms with Gasteiger partial charge in [0.2, 0.25) is 0 Å². The standard InChI is InChI=1S/C15H13ClFN3O2/c1-18-14(21)12-4-2-3-5-13(12)20-15(22)19-11-7-9(16)6-10(17)8-11/h2-8H,1H3,(H,18,21)(H2,19,20,22). The van der Waals surface area contributed by atoms with Crippen molar-refractivity contribution in [3.8, 4) is 0 Å². The van der Waals surface area contributed by atoms with Crippen LogP contribution in [0.25, 0.3) is 0 Å². The summed E-state index contributed by atoms with van der Waals surface area (Å²) in [5.74, 6) is -0.890. The first-order chi connectivity index (χ1) is 10.5. The van der Waals surface area contributed by atoms with Crippen LogP contribution in [0.15, 0.2) is 42.5 Å². The number of para-hydroxylation sites is 1. The average Bonchev–Trinajstić information content (AvgIpc) is 2.45. The molecule has 114 valence electrons. The molecule has 2 rings (SSSR count). The number of rotatable bonds is 3. The Kier molecular flexibility index (Phi) is 4.95. The maximum absolute atomic E-state index is 13.2. The van der Waals surface area contributed by atoms with Gasteiger partial charge in [0.05, 0.1) is 11.3 Å². The zero-order chi connectivity index (χ0) is 16.1. The Hall–Kier alpha value is -2.60. The molecule has 0 heterocycles. The minimum atomic E-state index is -0.613. The van der Waals surface area contributed by atoms with E-state index >= 15 is 0 Å². The van der Waals surface area contributed by atoms with Crippen LogP contribution in [0.1, 0.15) is 10.4 Å². The van der Waals surface area contributed by atoms with Gasteiger partial charge in [0, 0.05) is 17.8 Å². The fraction of sp³-hybridized carbons (Fsp3) is 0.0667. The van der Waals surface area contributed by atoms with Crippen LogP contribution in [-0.4, -0.2) is 19.0 Å². The normalized spacial score (nSPS) is 9.95. The van der Waals surface area contributed by atoms with Gasteiger partial charge in [0.15, 0.2) is 0 Å². The average molecular weight is 322 g/mol. The van der Waals surface area contributed by atoms with Crippen molar-refractivity contribution in [1.82, 2.24) is 5.32 Å². The summed E-state index contributed by atoms with van der Waals surface area (Å²) in [5.41, 5.74) is 0.860. The van der Waals surface area contributed by atoms with Crippen molar-refractivity contribution in [2.75, 3.05) is 17.7 Å². The minimum Gasteiger partial charge on any atom is -0.355 e. The molecular formula is C15H13ClFN3O2. The molecule has 0 bridgehead atoms. The third-order valence-corrected chi connectivity index (χ3v) is 2.99. The Morgan fingerprint density at radius 1 is 1.09 bits per heavy atom. The second kappa shape index (κ2) is 6.91. The van der Waals surface area contributed by atoms with E-state index in [1.165, 1.54) is 13.1 Å². The Morgan fingerprint density at radius 3 is 2.50 bits per heavy atom. The number of halogens is 2. The topological polar surface area (TPSA) is 70.2 Å². The Morgan fingerprint density at radius 2 is 1.82 bits per heavy atom. The first-order valence-corrected chi connectivity index (χ1v) is 6.72. The van der Waals surface area contributed by atoms with Gasteiger partial charge in [0.1, 0.15) is 5.82 Å². The molecule has 3 amide bonds. The van der Waals surface area contributed by atoms with Crippen LogP contribution in [0.4, 0.5) is 20.6 Å². The lowest BCUT2D eigenvalue weighted by Gasteiger charge is -2.11. The Labute approximate surface area is 131 Å². The van der Waals surface area contributed by atoms with Gasteiger partial charge in [0.25, 0.3) is 5.91 Å². The van der Waals surface area contributed by atoms with Crippen LogP contribution in [-0.2, 0) is 0 Å². The molecule has 0 aliphatic carbocycles. The largest absolute Gasteiger partial charge is 0.355 e.